The number of aromatic nitrogens is 2. The van der Waals surface area contributed by atoms with Crippen LogP contribution in [0, 0.1) is 0 Å². The molecule has 0 amide bonds. The summed E-state index contributed by atoms with van der Waals surface area (Å²) in [6.45, 7) is 0.640. The van der Waals surface area contributed by atoms with E-state index in [1.165, 1.54) is 11.3 Å². The molecule has 0 atom stereocenters. The molecule has 17 heavy (non-hydrogen) atoms. The van der Waals surface area contributed by atoms with Gasteiger partial charge in [0.2, 0.25) is 5.13 Å². The van der Waals surface area contributed by atoms with Crippen LogP contribution < -0.4 is 10.5 Å². The summed E-state index contributed by atoms with van der Waals surface area (Å²) in [5.74, 6) is 0.825. The van der Waals surface area contributed by atoms with E-state index in [-0.39, 0.29) is 0 Å². The number of anilines is 1. The van der Waals surface area contributed by atoms with Gasteiger partial charge in [-0.05, 0) is 30.7 Å². The molecular formula is C11H12ClN3OS. The Morgan fingerprint density at radius 3 is 2.65 bits per heavy atom. The average molecular weight is 270 g/mol. The number of nitrogen functional groups attached to an aromatic ring is 1. The van der Waals surface area contributed by atoms with E-state index in [4.69, 9.17) is 22.1 Å². The standard InChI is InChI=1S/C11H12ClN3OS/c12-8-3-5-9(6-4-8)16-7-1-2-10-14-15-11(13)17-10/h3-6H,1-2,7H2,(H2,13,15). The van der Waals surface area contributed by atoms with E-state index in [0.29, 0.717) is 16.8 Å². The molecule has 1 aromatic heterocycles. The van der Waals surface area contributed by atoms with Crippen molar-refractivity contribution in [2.24, 2.45) is 0 Å². The second kappa shape index (κ2) is 5.84. The highest BCUT2D eigenvalue weighted by atomic mass is 35.5. The van der Waals surface area contributed by atoms with Crippen molar-refractivity contribution in [2.45, 2.75) is 12.8 Å². The predicted molar refractivity (Wildman–Crippen MR) is 69.6 cm³/mol. The third-order valence-electron chi connectivity index (χ3n) is 2.10. The Morgan fingerprint density at radius 1 is 1.24 bits per heavy atom. The van der Waals surface area contributed by atoms with Gasteiger partial charge in [0.05, 0.1) is 6.61 Å². The molecule has 0 aliphatic rings. The van der Waals surface area contributed by atoms with E-state index < -0.39 is 0 Å². The number of aryl methyl sites for hydroxylation is 1. The Morgan fingerprint density at radius 2 is 2.00 bits per heavy atom. The zero-order valence-electron chi connectivity index (χ0n) is 9.10. The van der Waals surface area contributed by atoms with Crippen molar-refractivity contribution < 1.29 is 4.74 Å². The first-order chi connectivity index (χ1) is 8.24. The second-order valence-corrected chi connectivity index (χ2v) is 4.97. The molecule has 1 aromatic carbocycles. The van der Waals surface area contributed by atoms with Crippen LogP contribution in [0.25, 0.3) is 0 Å². The minimum Gasteiger partial charge on any atom is -0.494 e. The molecular weight excluding hydrogens is 258 g/mol. The van der Waals surface area contributed by atoms with Crippen LogP contribution in [0.15, 0.2) is 24.3 Å². The molecule has 0 bridgehead atoms. The number of halogens is 1. The monoisotopic (exact) mass is 269 g/mol. The van der Waals surface area contributed by atoms with Gasteiger partial charge in [0, 0.05) is 11.4 Å². The molecule has 1 heterocycles. The van der Waals surface area contributed by atoms with Crippen molar-refractivity contribution in [2.75, 3.05) is 12.3 Å². The lowest BCUT2D eigenvalue weighted by molar-refractivity contribution is 0.311. The lowest BCUT2D eigenvalue weighted by Crippen LogP contribution is -1.99. The molecule has 2 rings (SSSR count). The van der Waals surface area contributed by atoms with Gasteiger partial charge in [-0.1, -0.05) is 22.9 Å². The highest BCUT2D eigenvalue weighted by Crippen LogP contribution is 2.16. The molecule has 0 aliphatic carbocycles. The fraction of sp³-hybridized carbons (Fsp3) is 0.273. The molecule has 0 aliphatic heterocycles. The molecule has 0 saturated heterocycles. The van der Waals surface area contributed by atoms with Crippen molar-refractivity contribution in [3.05, 3.63) is 34.3 Å². The molecule has 0 saturated carbocycles. The fourth-order valence-electron chi connectivity index (χ4n) is 1.31. The van der Waals surface area contributed by atoms with E-state index in [2.05, 4.69) is 10.2 Å². The van der Waals surface area contributed by atoms with Gasteiger partial charge in [-0.3, -0.25) is 0 Å². The quantitative estimate of drug-likeness (QED) is 0.848. The van der Waals surface area contributed by atoms with E-state index in [0.717, 1.165) is 23.6 Å². The van der Waals surface area contributed by atoms with Crippen molar-refractivity contribution >= 4 is 28.1 Å². The Balaban J connectivity index is 1.71. The van der Waals surface area contributed by atoms with Crippen LogP contribution in [-0.2, 0) is 6.42 Å². The van der Waals surface area contributed by atoms with Gasteiger partial charge in [0.25, 0.3) is 0 Å². The molecule has 6 heteroatoms. The molecule has 0 radical (unpaired) electrons. The molecule has 2 N–H and O–H groups in total. The van der Waals surface area contributed by atoms with Crippen molar-refractivity contribution in [1.29, 1.82) is 0 Å². The largest absolute Gasteiger partial charge is 0.494 e. The maximum Gasteiger partial charge on any atom is 0.203 e. The highest BCUT2D eigenvalue weighted by Gasteiger charge is 2.01. The van der Waals surface area contributed by atoms with Crippen molar-refractivity contribution in [1.82, 2.24) is 10.2 Å². The van der Waals surface area contributed by atoms with Gasteiger partial charge >= 0.3 is 0 Å². The van der Waals surface area contributed by atoms with Crippen LogP contribution in [0.2, 0.25) is 5.02 Å². The summed E-state index contributed by atoms with van der Waals surface area (Å²) in [6.07, 6.45) is 1.72. The number of hydrogen-bond donors (Lipinski definition) is 1. The average Bonchev–Trinajstić information content (AvgIpc) is 2.73. The number of benzene rings is 1. The summed E-state index contributed by atoms with van der Waals surface area (Å²) < 4.78 is 5.56. The van der Waals surface area contributed by atoms with Gasteiger partial charge in [-0.15, -0.1) is 10.2 Å². The smallest absolute Gasteiger partial charge is 0.203 e. The van der Waals surface area contributed by atoms with Crippen molar-refractivity contribution in [3.8, 4) is 5.75 Å². The van der Waals surface area contributed by atoms with Crippen LogP contribution in [-0.4, -0.2) is 16.8 Å². The van der Waals surface area contributed by atoms with Gasteiger partial charge in [-0.2, -0.15) is 0 Å². The zero-order valence-corrected chi connectivity index (χ0v) is 10.7. The number of rotatable bonds is 5. The predicted octanol–water partition coefficient (Wildman–Crippen LogP) is 2.79. The summed E-state index contributed by atoms with van der Waals surface area (Å²) in [5.41, 5.74) is 5.49. The molecule has 2 aromatic rings. The van der Waals surface area contributed by atoms with Crippen LogP contribution in [0.4, 0.5) is 5.13 Å². The maximum atomic E-state index is 5.77. The third kappa shape index (κ3) is 3.87. The number of ether oxygens (including phenoxy) is 1. The van der Waals surface area contributed by atoms with Gasteiger partial charge in [0.1, 0.15) is 10.8 Å². The van der Waals surface area contributed by atoms with E-state index in [9.17, 15) is 0 Å². The van der Waals surface area contributed by atoms with Crippen molar-refractivity contribution in [3.63, 3.8) is 0 Å². The molecule has 0 fully saturated rings. The summed E-state index contributed by atoms with van der Waals surface area (Å²) >= 11 is 7.19. The summed E-state index contributed by atoms with van der Waals surface area (Å²) in [5, 5.41) is 9.87. The Kier molecular flexibility index (Phi) is 4.17. The van der Waals surface area contributed by atoms with Gasteiger partial charge in [-0.25, -0.2) is 0 Å². The topological polar surface area (TPSA) is 61.0 Å². The number of nitrogens with zero attached hydrogens (tertiary/aromatic N) is 2. The first kappa shape index (κ1) is 12.1. The van der Waals surface area contributed by atoms with E-state index in [1.54, 1.807) is 0 Å². The van der Waals surface area contributed by atoms with Gasteiger partial charge in [0.15, 0.2) is 0 Å². The summed E-state index contributed by atoms with van der Waals surface area (Å²) in [7, 11) is 0. The van der Waals surface area contributed by atoms with E-state index >= 15 is 0 Å². The lowest BCUT2D eigenvalue weighted by Gasteiger charge is -2.04. The normalized spacial score (nSPS) is 10.4. The Bertz CT molecular complexity index is 472. The minimum absolute atomic E-state index is 0.513. The summed E-state index contributed by atoms with van der Waals surface area (Å²) in [4.78, 5) is 0. The van der Waals surface area contributed by atoms with Crippen LogP contribution in [0.1, 0.15) is 11.4 Å². The van der Waals surface area contributed by atoms with Crippen LogP contribution >= 0.6 is 22.9 Å². The van der Waals surface area contributed by atoms with Gasteiger partial charge < -0.3 is 10.5 Å². The van der Waals surface area contributed by atoms with E-state index in [1.807, 2.05) is 24.3 Å². The number of hydrogen-bond acceptors (Lipinski definition) is 5. The molecule has 0 spiro atoms. The summed E-state index contributed by atoms with van der Waals surface area (Å²) in [6, 6.07) is 7.32. The first-order valence-electron chi connectivity index (χ1n) is 5.20. The highest BCUT2D eigenvalue weighted by molar-refractivity contribution is 7.15. The van der Waals surface area contributed by atoms with Crippen LogP contribution in [0.5, 0.6) is 5.75 Å². The maximum absolute atomic E-state index is 5.77. The molecule has 4 nitrogen and oxygen atoms in total. The fourth-order valence-corrected chi connectivity index (χ4v) is 2.09. The van der Waals surface area contributed by atoms with Crippen LogP contribution in [0.3, 0.4) is 0 Å². The SMILES string of the molecule is Nc1nnc(CCCOc2ccc(Cl)cc2)s1. The zero-order chi connectivity index (χ0) is 12.1. The molecule has 90 valence electrons. The Hall–Kier alpha value is -1.33. The second-order valence-electron chi connectivity index (χ2n) is 3.44. The number of nitrogens with two attached hydrogens (primary N) is 1. The first-order valence-corrected chi connectivity index (χ1v) is 6.40. The third-order valence-corrected chi connectivity index (χ3v) is 3.16. The Labute approximate surface area is 108 Å². The lowest BCUT2D eigenvalue weighted by atomic mass is 10.3. The minimum atomic E-state index is 0.513. The molecule has 0 unspecified atom stereocenters.